The molecule has 1 heterocycles. The monoisotopic (exact) mass is 478 g/mol. The van der Waals surface area contributed by atoms with E-state index >= 15 is 0 Å². The van der Waals surface area contributed by atoms with E-state index in [2.05, 4.69) is 10.3 Å². The first-order chi connectivity index (χ1) is 17.1. The number of hydrogen-bond donors (Lipinski definition) is 1. The number of aromatic nitrogens is 1. The zero-order valence-electron chi connectivity index (χ0n) is 18.4. The van der Waals surface area contributed by atoms with Gasteiger partial charge in [0.2, 0.25) is 0 Å². The van der Waals surface area contributed by atoms with Crippen molar-refractivity contribution in [3.63, 3.8) is 0 Å². The summed E-state index contributed by atoms with van der Waals surface area (Å²) in [5, 5.41) is 5.32. The predicted molar refractivity (Wildman–Crippen MR) is 137 cm³/mol. The van der Waals surface area contributed by atoms with Crippen LogP contribution in [0.5, 0.6) is 0 Å². The summed E-state index contributed by atoms with van der Waals surface area (Å²) in [6.45, 7) is 0. The van der Waals surface area contributed by atoms with Crippen LogP contribution in [0.15, 0.2) is 109 Å². The molecule has 0 spiro atoms. The molecule has 5 rings (SSSR count). The molecular formula is C29H19FN2O2S. The lowest BCUT2D eigenvalue weighted by molar-refractivity contribution is 0.0996. The highest BCUT2D eigenvalue weighted by Gasteiger charge is 2.20. The van der Waals surface area contributed by atoms with Crippen molar-refractivity contribution in [2.75, 3.05) is 5.32 Å². The number of carbonyl (C=O) groups is 2. The van der Waals surface area contributed by atoms with Crippen molar-refractivity contribution >= 4 is 28.7 Å². The number of rotatable bonds is 6. The largest absolute Gasteiger partial charge is 0.321 e. The molecule has 0 aliphatic rings. The van der Waals surface area contributed by atoms with Crippen molar-refractivity contribution in [1.29, 1.82) is 0 Å². The average Bonchev–Trinajstić information content (AvgIpc) is 3.39. The first kappa shape index (κ1) is 22.4. The van der Waals surface area contributed by atoms with E-state index in [1.807, 2.05) is 29.6 Å². The van der Waals surface area contributed by atoms with Crippen molar-refractivity contribution < 1.29 is 14.0 Å². The number of para-hydroxylation sites is 1. The van der Waals surface area contributed by atoms with Gasteiger partial charge in [-0.3, -0.25) is 9.59 Å². The molecule has 0 aliphatic carbocycles. The molecule has 4 aromatic carbocycles. The number of halogens is 1. The zero-order valence-corrected chi connectivity index (χ0v) is 19.3. The molecular weight excluding hydrogens is 459 g/mol. The summed E-state index contributed by atoms with van der Waals surface area (Å²) in [4.78, 5) is 31.0. The molecule has 4 nitrogen and oxygen atoms in total. The molecule has 0 saturated heterocycles. The smallest absolute Gasteiger partial charge is 0.256 e. The van der Waals surface area contributed by atoms with Gasteiger partial charge < -0.3 is 5.32 Å². The Hall–Kier alpha value is -4.42. The lowest BCUT2D eigenvalue weighted by Crippen LogP contribution is -2.17. The lowest BCUT2D eigenvalue weighted by atomic mass is 9.97. The van der Waals surface area contributed by atoms with Gasteiger partial charge in [-0.25, -0.2) is 9.37 Å². The van der Waals surface area contributed by atoms with E-state index in [9.17, 15) is 14.0 Å². The van der Waals surface area contributed by atoms with Gasteiger partial charge >= 0.3 is 0 Å². The second-order valence-electron chi connectivity index (χ2n) is 7.76. The van der Waals surface area contributed by atoms with Crippen LogP contribution >= 0.6 is 11.3 Å². The van der Waals surface area contributed by atoms with Crippen LogP contribution in [0.4, 0.5) is 10.1 Å². The molecule has 0 atom stereocenters. The van der Waals surface area contributed by atoms with E-state index < -0.39 is 5.91 Å². The van der Waals surface area contributed by atoms with Gasteiger partial charge in [-0.15, -0.1) is 11.3 Å². The van der Waals surface area contributed by atoms with Crippen molar-refractivity contribution in [1.82, 2.24) is 4.98 Å². The van der Waals surface area contributed by atoms with Crippen LogP contribution < -0.4 is 5.32 Å². The summed E-state index contributed by atoms with van der Waals surface area (Å²) in [5.41, 5.74) is 3.41. The molecule has 5 aromatic rings. The van der Waals surface area contributed by atoms with Crippen LogP contribution in [0.25, 0.3) is 21.8 Å². The Labute approximate surface area is 205 Å². The molecule has 0 aliphatic heterocycles. The van der Waals surface area contributed by atoms with E-state index in [1.165, 1.54) is 17.4 Å². The molecule has 0 saturated carbocycles. The van der Waals surface area contributed by atoms with Crippen LogP contribution in [-0.2, 0) is 0 Å². The molecule has 0 bridgehead atoms. The number of anilines is 1. The maximum absolute atomic E-state index is 14.2. The Kier molecular flexibility index (Phi) is 6.28. The standard InChI is InChI=1S/C29H19FN2O2S/c30-24-16-8-6-14-22(24)29-32-26(18-35-29)23-15-7-9-17-25(23)31-28(34)21-13-5-4-12-20(21)27(33)19-10-2-1-3-11-19/h1-18H,(H,31,34). The Morgan fingerprint density at radius 3 is 2.11 bits per heavy atom. The molecule has 1 N–H and O–H groups in total. The van der Waals surface area contributed by atoms with Crippen LogP contribution in [0.3, 0.4) is 0 Å². The summed E-state index contributed by atoms with van der Waals surface area (Å²) in [7, 11) is 0. The average molecular weight is 479 g/mol. The van der Waals surface area contributed by atoms with Crippen molar-refractivity contribution in [3.05, 3.63) is 131 Å². The molecule has 6 heteroatoms. The summed E-state index contributed by atoms with van der Waals surface area (Å²) in [6.07, 6.45) is 0. The zero-order chi connectivity index (χ0) is 24.2. The van der Waals surface area contributed by atoms with Crippen molar-refractivity contribution in [2.45, 2.75) is 0 Å². The Morgan fingerprint density at radius 1 is 0.714 bits per heavy atom. The fourth-order valence-corrected chi connectivity index (χ4v) is 4.63. The number of thiazole rings is 1. The van der Waals surface area contributed by atoms with Gasteiger partial charge in [0.25, 0.3) is 5.91 Å². The number of nitrogens with zero attached hydrogens (tertiary/aromatic N) is 1. The Bertz CT molecular complexity index is 1530. The van der Waals surface area contributed by atoms with Gasteiger partial charge in [-0.05, 0) is 24.3 Å². The Balaban J connectivity index is 1.45. The van der Waals surface area contributed by atoms with Gasteiger partial charge in [0.05, 0.1) is 16.9 Å². The van der Waals surface area contributed by atoms with Crippen LogP contribution in [0.2, 0.25) is 0 Å². The Morgan fingerprint density at radius 2 is 1.34 bits per heavy atom. The third-order valence-electron chi connectivity index (χ3n) is 5.51. The highest BCUT2D eigenvalue weighted by molar-refractivity contribution is 7.13. The fourth-order valence-electron chi connectivity index (χ4n) is 3.79. The summed E-state index contributed by atoms with van der Waals surface area (Å²) >= 11 is 1.33. The fraction of sp³-hybridized carbons (Fsp3) is 0. The highest BCUT2D eigenvalue weighted by atomic mass is 32.1. The van der Waals surface area contributed by atoms with Gasteiger partial charge in [-0.2, -0.15) is 0 Å². The summed E-state index contributed by atoms with van der Waals surface area (Å²) < 4.78 is 14.2. The van der Waals surface area contributed by atoms with Crippen LogP contribution in [-0.4, -0.2) is 16.7 Å². The molecule has 1 amide bonds. The minimum absolute atomic E-state index is 0.223. The molecule has 1 aromatic heterocycles. The van der Waals surface area contributed by atoms with Gasteiger partial charge in [-0.1, -0.05) is 78.9 Å². The minimum atomic E-state index is -0.401. The second kappa shape index (κ2) is 9.83. The molecule has 0 fully saturated rings. The third-order valence-corrected chi connectivity index (χ3v) is 6.39. The van der Waals surface area contributed by atoms with Gasteiger partial charge in [0.15, 0.2) is 5.78 Å². The maximum atomic E-state index is 14.2. The number of benzene rings is 4. The quantitative estimate of drug-likeness (QED) is 0.265. The second-order valence-corrected chi connectivity index (χ2v) is 8.62. The molecule has 0 unspecified atom stereocenters. The summed E-state index contributed by atoms with van der Waals surface area (Å²) in [6, 6.07) is 29.4. The van der Waals surface area contributed by atoms with E-state index in [-0.39, 0.29) is 17.2 Å². The first-order valence-electron chi connectivity index (χ1n) is 10.9. The number of carbonyl (C=O) groups excluding carboxylic acids is 2. The van der Waals surface area contributed by atoms with E-state index in [0.717, 1.165) is 0 Å². The maximum Gasteiger partial charge on any atom is 0.256 e. The molecule has 0 radical (unpaired) electrons. The topological polar surface area (TPSA) is 59.1 Å². The lowest BCUT2D eigenvalue weighted by Gasteiger charge is -2.12. The highest BCUT2D eigenvalue weighted by Crippen LogP contribution is 2.34. The normalized spacial score (nSPS) is 10.7. The number of ketones is 1. The van der Waals surface area contributed by atoms with Crippen molar-refractivity contribution in [2.24, 2.45) is 0 Å². The van der Waals surface area contributed by atoms with Gasteiger partial charge in [0, 0.05) is 27.6 Å². The van der Waals surface area contributed by atoms with E-state index in [0.29, 0.717) is 38.6 Å². The van der Waals surface area contributed by atoms with Crippen molar-refractivity contribution in [3.8, 4) is 21.8 Å². The van der Waals surface area contributed by atoms with E-state index in [1.54, 1.807) is 72.8 Å². The third kappa shape index (κ3) is 4.65. The predicted octanol–water partition coefficient (Wildman–Crippen LogP) is 7.10. The van der Waals surface area contributed by atoms with Crippen LogP contribution in [0, 0.1) is 5.82 Å². The number of amides is 1. The van der Waals surface area contributed by atoms with E-state index in [4.69, 9.17) is 0 Å². The summed E-state index contributed by atoms with van der Waals surface area (Å²) in [5.74, 6) is -0.963. The SMILES string of the molecule is O=C(Nc1ccccc1-c1csc(-c2ccccc2F)n1)c1ccccc1C(=O)c1ccccc1. The first-order valence-corrected chi connectivity index (χ1v) is 11.8. The number of nitrogens with one attached hydrogen (secondary N) is 1. The van der Waals surface area contributed by atoms with Crippen LogP contribution in [0.1, 0.15) is 26.3 Å². The molecule has 170 valence electrons. The van der Waals surface area contributed by atoms with Gasteiger partial charge in [0.1, 0.15) is 10.8 Å². The molecule has 35 heavy (non-hydrogen) atoms. The minimum Gasteiger partial charge on any atom is -0.321 e. The number of hydrogen-bond acceptors (Lipinski definition) is 4.